The molecule has 1 aliphatic rings. The van der Waals surface area contributed by atoms with Gasteiger partial charge in [0.25, 0.3) is 0 Å². The lowest BCUT2D eigenvalue weighted by atomic mass is 9.96. The number of hydrogen-bond donors (Lipinski definition) is 1. The predicted molar refractivity (Wildman–Crippen MR) is 93.1 cm³/mol. The predicted octanol–water partition coefficient (Wildman–Crippen LogP) is 2.48. The minimum Gasteiger partial charge on any atom is -0.384 e. The first-order valence-electron chi connectivity index (χ1n) is 8.34. The number of hydrogen-bond acceptors (Lipinski definition) is 5. The standard InChI is InChI=1S/C18H23N5O/c1-12(2)7-17(24)23-6-4-14(10-23)18-15(9-20-11-22-18)13-3-5-21-16(19)8-13/h3,5,8-9,11-12,14H,4,6-7,10H2,1-2H3,(H2,19,21)/t14-/m1/s1. The first-order valence-corrected chi connectivity index (χ1v) is 8.34. The van der Waals surface area contributed by atoms with Crippen LogP contribution in [0.3, 0.4) is 0 Å². The summed E-state index contributed by atoms with van der Waals surface area (Å²) in [6.45, 7) is 5.65. The Balaban J connectivity index is 1.83. The molecule has 2 aromatic heterocycles. The van der Waals surface area contributed by atoms with Crippen molar-refractivity contribution in [3.8, 4) is 11.1 Å². The zero-order valence-corrected chi connectivity index (χ0v) is 14.1. The van der Waals surface area contributed by atoms with Crippen LogP contribution in [0, 0.1) is 5.92 Å². The van der Waals surface area contributed by atoms with Crippen LogP contribution in [0.5, 0.6) is 0 Å². The Labute approximate surface area is 142 Å². The second-order valence-corrected chi connectivity index (χ2v) is 6.71. The Morgan fingerprint density at radius 3 is 3.00 bits per heavy atom. The van der Waals surface area contributed by atoms with Crippen molar-refractivity contribution in [2.75, 3.05) is 18.8 Å². The van der Waals surface area contributed by atoms with Crippen molar-refractivity contribution < 1.29 is 4.79 Å². The fourth-order valence-electron chi connectivity index (χ4n) is 3.19. The number of amides is 1. The Bertz CT molecular complexity index is 731. The monoisotopic (exact) mass is 325 g/mol. The lowest BCUT2D eigenvalue weighted by molar-refractivity contribution is -0.130. The van der Waals surface area contributed by atoms with Crippen LogP contribution in [0.25, 0.3) is 11.1 Å². The van der Waals surface area contributed by atoms with E-state index in [-0.39, 0.29) is 11.8 Å². The molecule has 6 heteroatoms. The van der Waals surface area contributed by atoms with Gasteiger partial charge in [-0.05, 0) is 30.0 Å². The second-order valence-electron chi connectivity index (χ2n) is 6.71. The van der Waals surface area contributed by atoms with Gasteiger partial charge in [0.2, 0.25) is 5.91 Å². The minimum absolute atomic E-state index is 0.230. The number of anilines is 1. The van der Waals surface area contributed by atoms with Gasteiger partial charge >= 0.3 is 0 Å². The molecule has 0 spiro atoms. The molecule has 2 aromatic rings. The van der Waals surface area contributed by atoms with Crippen LogP contribution < -0.4 is 5.73 Å². The molecule has 0 aromatic carbocycles. The van der Waals surface area contributed by atoms with E-state index in [1.165, 1.54) is 0 Å². The number of nitrogen functional groups attached to an aromatic ring is 1. The first kappa shape index (κ1) is 16.4. The number of aromatic nitrogens is 3. The molecule has 1 saturated heterocycles. The number of nitrogens with zero attached hydrogens (tertiary/aromatic N) is 4. The molecular weight excluding hydrogens is 302 g/mol. The third-order valence-corrected chi connectivity index (χ3v) is 4.35. The van der Waals surface area contributed by atoms with Gasteiger partial charge in [-0.2, -0.15) is 0 Å². The number of carbonyl (C=O) groups is 1. The molecule has 0 radical (unpaired) electrons. The molecule has 0 unspecified atom stereocenters. The topological polar surface area (TPSA) is 85.0 Å². The molecule has 3 rings (SSSR count). The summed E-state index contributed by atoms with van der Waals surface area (Å²) in [5.41, 5.74) is 8.72. The molecule has 0 aliphatic carbocycles. The SMILES string of the molecule is CC(C)CC(=O)N1CC[C@@H](c2ncncc2-c2ccnc(N)c2)C1. The van der Waals surface area contributed by atoms with E-state index < -0.39 is 0 Å². The van der Waals surface area contributed by atoms with Gasteiger partial charge in [-0.15, -0.1) is 0 Å². The summed E-state index contributed by atoms with van der Waals surface area (Å²) in [6.07, 6.45) is 6.60. The van der Waals surface area contributed by atoms with E-state index in [4.69, 9.17) is 5.73 Å². The van der Waals surface area contributed by atoms with Crippen molar-refractivity contribution in [3.63, 3.8) is 0 Å². The van der Waals surface area contributed by atoms with Crippen molar-refractivity contribution in [1.82, 2.24) is 19.9 Å². The smallest absolute Gasteiger partial charge is 0.222 e. The van der Waals surface area contributed by atoms with Crippen molar-refractivity contribution in [2.24, 2.45) is 5.92 Å². The van der Waals surface area contributed by atoms with Crippen molar-refractivity contribution in [2.45, 2.75) is 32.6 Å². The lowest BCUT2D eigenvalue weighted by Crippen LogP contribution is -2.29. The van der Waals surface area contributed by atoms with Gasteiger partial charge in [-0.1, -0.05) is 13.8 Å². The summed E-state index contributed by atoms with van der Waals surface area (Å²) in [7, 11) is 0. The van der Waals surface area contributed by atoms with E-state index in [9.17, 15) is 4.79 Å². The maximum Gasteiger partial charge on any atom is 0.222 e. The van der Waals surface area contributed by atoms with Gasteiger partial charge in [-0.3, -0.25) is 4.79 Å². The van der Waals surface area contributed by atoms with E-state index in [2.05, 4.69) is 28.8 Å². The summed E-state index contributed by atoms with van der Waals surface area (Å²) in [5.74, 6) is 1.32. The number of nitrogens with two attached hydrogens (primary N) is 1. The quantitative estimate of drug-likeness (QED) is 0.933. The molecule has 0 bridgehead atoms. The van der Waals surface area contributed by atoms with Crippen LogP contribution in [0.2, 0.25) is 0 Å². The highest BCUT2D eigenvalue weighted by Gasteiger charge is 2.30. The highest BCUT2D eigenvalue weighted by molar-refractivity contribution is 5.77. The Hall–Kier alpha value is -2.50. The van der Waals surface area contributed by atoms with Crippen LogP contribution in [-0.4, -0.2) is 38.8 Å². The van der Waals surface area contributed by atoms with E-state index in [0.717, 1.165) is 36.3 Å². The van der Waals surface area contributed by atoms with Gasteiger partial charge in [0.1, 0.15) is 12.1 Å². The highest BCUT2D eigenvalue weighted by atomic mass is 16.2. The highest BCUT2D eigenvalue weighted by Crippen LogP contribution is 2.33. The second kappa shape index (κ2) is 6.95. The van der Waals surface area contributed by atoms with Gasteiger partial charge in [0.15, 0.2) is 0 Å². The van der Waals surface area contributed by atoms with E-state index >= 15 is 0 Å². The maximum absolute atomic E-state index is 12.3. The zero-order chi connectivity index (χ0) is 17.1. The molecule has 1 fully saturated rings. The molecule has 1 atom stereocenters. The summed E-state index contributed by atoms with van der Waals surface area (Å²) >= 11 is 0. The third kappa shape index (κ3) is 3.53. The molecule has 0 saturated carbocycles. The molecule has 6 nitrogen and oxygen atoms in total. The largest absolute Gasteiger partial charge is 0.384 e. The number of likely N-dealkylation sites (tertiary alicyclic amines) is 1. The first-order chi connectivity index (χ1) is 11.5. The van der Waals surface area contributed by atoms with Crippen molar-refractivity contribution >= 4 is 11.7 Å². The fraction of sp³-hybridized carbons (Fsp3) is 0.444. The lowest BCUT2D eigenvalue weighted by Gasteiger charge is -2.18. The van der Waals surface area contributed by atoms with Gasteiger partial charge in [0.05, 0.1) is 5.69 Å². The third-order valence-electron chi connectivity index (χ3n) is 4.35. The van der Waals surface area contributed by atoms with Crippen LogP contribution in [-0.2, 0) is 4.79 Å². The average molecular weight is 325 g/mol. The summed E-state index contributed by atoms with van der Waals surface area (Å²) in [5, 5.41) is 0. The van der Waals surface area contributed by atoms with Crippen LogP contribution in [0.15, 0.2) is 30.9 Å². The molecule has 1 amide bonds. The summed E-state index contributed by atoms with van der Waals surface area (Å²) in [4.78, 5) is 27.0. The van der Waals surface area contributed by atoms with E-state index in [0.29, 0.717) is 18.2 Å². The molecule has 2 N–H and O–H groups in total. The summed E-state index contributed by atoms with van der Waals surface area (Å²) < 4.78 is 0. The fourth-order valence-corrected chi connectivity index (χ4v) is 3.19. The Morgan fingerprint density at radius 1 is 1.42 bits per heavy atom. The van der Waals surface area contributed by atoms with Gasteiger partial charge < -0.3 is 10.6 Å². The minimum atomic E-state index is 0.230. The maximum atomic E-state index is 12.3. The zero-order valence-electron chi connectivity index (χ0n) is 14.1. The Morgan fingerprint density at radius 2 is 2.25 bits per heavy atom. The Kier molecular flexibility index (Phi) is 4.74. The molecule has 1 aliphatic heterocycles. The van der Waals surface area contributed by atoms with Crippen molar-refractivity contribution in [3.05, 3.63) is 36.5 Å². The molecule has 126 valence electrons. The number of rotatable bonds is 4. The number of carbonyl (C=O) groups excluding carboxylic acids is 1. The van der Waals surface area contributed by atoms with Gasteiger partial charge in [0, 0.05) is 43.4 Å². The normalized spacial score (nSPS) is 17.5. The van der Waals surface area contributed by atoms with Crippen LogP contribution in [0.4, 0.5) is 5.82 Å². The van der Waals surface area contributed by atoms with E-state index in [1.807, 2.05) is 23.2 Å². The molecule has 24 heavy (non-hydrogen) atoms. The van der Waals surface area contributed by atoms with E-state index in [1.54, 1.807) is 12.5 Å². The van der Waals surface area contributed by atoms with Crippen LogP contribution in [0.1, 0.15) is 38.3 Å². The molecular formula is C18H23N5O. The summed E-state index contributed by atoms with van der Waals surface area (Å²) in [6, 6.07) is 3.74. The average Bonchev–Trinajstić information content (AvgIpc) is 3.04. The number of pyridine rings is 1. The van der Waals surface area contributed by atoms with Crippen LogP contribution >= 0.6 is 0 Å². The van der Waals surface area contributed by atoms with Crippen molar-refractivity contribution in [1.29, 1.82) is 0 Å². The van der Waals surface area contributed by atoms with Gasteiger partial charge in [-0.25, -0.2) is 15.0 Å². The molecule has 3 heterocycles.